The molecule has 7 nitrogen and oxygen atoms in total. The van der Waals surface area contributed by atoms with Gasteiger partial charge in [-0.05, 0) is 42.9 Å². The number of amides is 1. The lowest BCUT2D eigenvalue weighted by Crippen LogP contribution is -3.15. The summed E-state index contributed by atoms with van der Waals surface area (Å²) in [6, 6.07) is 7.35. The van der Waals surface area contributed by atoms with Gasteiger partial charge in [0.05, 0.1) is 44.5 Å². The number of fused-ring (bicyclic) bond motifs is 1. The Labute approximate surface area is 186 Å². The van der Waals surface area contributed by atoms with E-state index < -0.39 is 0 Å². The summed E-state index contributed by atoms with van der Waals surface area (Å²) in [5.41, 5.74) is 2.43. The van der Waals surface area contributed by atoms with Crippen molar-refractivity contribution >= 4 is 33.9 Å². The molecule has 1 aliphatic heterocycles. The molecule has 8 heteroatoms. The van der Waals surface area contributed by atoms with Crippen LogP contribution in [0.15, 0.2) is 24.3 Å². The highest BCUT2D eigenvalue weighted by Crippen LogP contribution is 2.40. The summed E-state index contributed by atoms with van der Waals surface area (Å²) in [6.07, 6.45) is 2.85. The van der Waals surface area contributed by atoms with Crippen molar-refractivity contribution in [2.75, 3.05) is 50.1 Å². The minimum atomic E-state index is -0.369. The Hall–Kier alpha value is -2.58. The number of carbonyl (C=O) groups is 2. The van der Waals surface area contributed by atoms with Crippen LogP contribution < -0.4 is 15.1 Å². The highest BCUT2D eigenvalue weighted by Gasteiger charge is 2.30. The van der Waals surface area contributed by atoms with Crippen molar-refractivity contribution in [3.63, 3.8) is 0 Å². The number of phenolic OH excluding ortho intramolecular Hbond substituents is 1. The third-order valence-electron chi connectivity index (χ3n) is 6.26. The van der Waals surface area contributed by atoms with Crippen molar-refractivity contribution in [2.24, 2.45) is 5.92 Å². The Balaban J connectivity index is 1.38. The molecule has 2 aliphatic rings. The zero-order valence-corrected chi connectivity index (χ0v) is 18.9. The number of aromatic hydroxyl groups is 1. The van der Waals surface area contributed by atoms with Gasteiger partial charge in [0, 0.05) is 4.88 Å². The van der Waals surface area contributed by atoms with Crippen LogP contribution in [0.4, 0.5) is 10.7 Å². The maximum absolute atomic E-state index is 12.8. The van der Waals surface area contributed by atoms with E-state index in [2.05, 4.69) is 17.1 Å². The van der Waals surface area contributed by atoms with Crippen LogP contribution in [0.1, 0.15) is 34.1 Å². The number of piperazine rings is 1. The number of hydrogen-bond donors (Lipinski definition) is 3. The molecule has 1 saturated heterocycles. The number of esters is 1. The maximum atomic E-state index is 12.8. The van der Waals surface area contributed by atoms with E-state index >= 15 is 0 Å². The van der Waals surface area contributed by atoms with Gasteiger partial charge in [0.15, 0.2) is 6.54 Å². The predicted molar refractivity (Wildman–Crippen MR) is 121 cm³/mol. The average molecular weight is 445 g/mol. The fourth-order valence-corrected chi connectivity index (χ4v) is 5.94. The smallest absolute Gasteiger partial charge is 0.341 e. The Morgan fingerprint density at radius 2 is 2.03 bits per heavy atom. The number of nitrogens with one attached hydrogen (secondary N) is 2. The van der Waals surface area contributed by atoms with Crippen molar-refractivity contribution < 1.29 is 24.3 Å². The van der Waals surface area contributed by atoms with Crippen LogP contribution in [-0.4, -0.2) is 56.8 Å². The summed E-state index contributed by atoms with van der Waals surface area (Å²) in [6.45, 7) is 5.75. The SMILES string of the molecule is COC(=O)c1c(NC(=O)C[NH+]2CCN(c3ccccc3O)CC2)sc2c1CC[C@H](C)C2. The Bertz CT molecular complexity index is 966. The summed E-state index contributed by atoms with van der Waals surface area (Å²) in [7, 11) is 1.39. The monoisotopic (exact) mass is 444 g/mol. The fraction of sp³-hybridized carbons (Fsp3) is 0.478. The first-order valence-corrected chi connectivity index (χ1v) is 11.7. The lowest BCUT2D eigenvalue weighted by atomic mass is 9.88. The van der Waals surface area contributed by atoms with Crippen molar-refractivity contribution in [2.45, 2.75) is 26.2 Å². The van der Waals surface area contributed by atoms with Crippen LogP contribution in [-0.2, 0) is 22.4 Å². The predicted octanol–water partition coefficient (Wildman–Crippen LogP) is 1.71. The number of methoxy groups -OCH3 is 1. The number of thiophene rings is 1. The first-order chi connectivity index (χ1) is 15.0. The van der Waals surface area contributed by atoms with E-state index in [1.807, 2.05) is 18.2 Å². The van der Waals surface area contributed by atoms with Crippen LogP contribution in [0, 0.1) is 5.92 Å². The number of benzene rings is 1. The van der Waals surface area contributed by atoms with Crippen LogP contribution in [0.2, 0.25) is 0 Å². The van der Waals surface area contributed by atoms with Gasteiger partial charge in [-0.25, -0.2) is 4.79 Å². The second kappa shape index (κ2) is 9.28. The maximum Gasteiger partial charge on any atom is 0.341 e. The molecule has 1 fully saturated rings. The second-order valence-corrected chi connectivity index (χ2v) is 9.60. The molecule has 0 saturated carbocycles. The largest absolute Gasteiger partial charge is 0.506 e. The van der Waals surface area contributed by atoms with E-state index in [-0.39, 0.29) is 17.6 Å². The lowest BCUT2D eigenvalue weighted by molar-refractivity contribution is -0.892. The summed E-state index contributed by atoms with van der Waals surface area (Å²) in [5, 5.41) is 13.7. The van der Waals surface area contributed by atoms with Gasteiger partial charge in [0.1, 0.15) is 10.8 Å². The second-order valence-electron chi connectivity index (χ2n) is 8.50. The van der Waals surface area contributed by atoms with Gasteiger partial charge in [0.2, 0.25) is 0 Å². The van der Waals surface area contributed by atoms with Crippen molar-refractivity contribution in [3.8, 4) is 5.75 Å². The van der Waals surface area contributed by atoms with Gasteiger partial charge >= 0.3 is 5.97 Å². The van der Waals surface area contributed by atoms with E-state index in [0.29, 0.717) is 23.0 Å². The number of carbonyl (C=O) groups excluding carboxylic acids is 2. The number of hydrogen-bond acceptors (Lipinski definition) is 6. The van der Waals surface area contributed by atoms with E-state index in [1.54, 1.807) is 6.07 Å². The number of rotatable bonds is 5. The van der Waals surface area contributed by atoms with E-state index in [0.717, 1.165) is 56.7 Å². The number of quaternary nitrogens is 1. The molecule has 166 valence electrons. The van der Waals surface area contributed by atoms with Crippen LogP contribution in [0.5, 0.6) is 5.75 Å². The van der Waals surface area contributed by atoms with Gasteiger partial charge in [-0.15, -0.1) is 11.3 Å². The Morgan fingerprint density at radius 3 is 2.74 bits per heavy atom. The van der Waals surface area contributed by atoms with Crippen molar-refractivity contribution in [3.05, 3.63) is 40.3 Å². The zero-order chi connectivity index (χ0) is 22.0. The first kappa shape index (κ1) is 21.6. The molecule has 2 aromatic rings. The first-order valence-electron chi connectivity index (χ1n) is 10.9. The van der Waals surface area contributed by atoms with Gasteiger partial charge in [-0.2, -0.15) is 0 Å². The molecular formula is C23H30N3O4S+. The summed E-state index contributed by atoms with van der Waals surface area (Å²) < 4.78 is 5.01. The lowest BCUT2D eigenvalue weighted by Gasteiger charge is -2.33. The van der Waals surface area contributed by atoms with Gasteiger partial charge < -0.3 is 25.0 Å². The van der Waals surface area contributed by atoms with Crippen LogP contribution >= 0.6 is 11.3 Å². The number of anilines is 2. The van der Waals surface area contributed by atoms with E-state index in [9.17, 15) is 14.7 Å². The highest BCUT2D eigenvalue weighted by molar-refractivity contribution is 7.17. The highest BCUT2D eigenvalue weighted by atomic mass is 32.1. The summed E-state index contributed by atoms with van der Waals surface area (Å²) in [5.74, 6) is 0.425. The minimum absolute atomic E-state index is 0.0807. The molecule has 1 atom stereocenters. The standard InChI is InChI=1S/C23H29N3O4S/c1-15-7-8-16-19(13-15)31-22(21(16)23(29)30-2)24-20(28)14-25-9-11-26(12-10-25)17-5-3-4-6-18(17)27/h3-6,15,27H,7-14H2,1-2H3,(H,24,28)/p+1/t15-/m0/s1. The van der Waals surface area contributed by atoms with Crippen molar-refractivity contribution in [1.29, 1.82) is 0 Å². The quantitative estimate of drug-likeness (QED) is 0.612. The number of phenols is 1. The number of ether oxygens (including phenoxy) is 1. The van der Waals surface area contributed by atoms with Crippen LogP contribution in [0.25, 0.3) is 0 Å². The molecular weight excluding hydrogens is 414 g/mol. The van der Waals surface area contributed by atoms with Gasteiger partial charge in [-0.1, -0.05) is 19.1 Å². The van der Waals surface area contributed by atoms with Crippen molar-refractivity contribution in [1.82, 2.24) is 0 Å². The molecule has 2 heterocycles. The van der Waals surface area contributed by atoms with E-state index in [1.165, 1.54) is 28.2 Å². The molecule has 31 heavy (non-hydrogen) atoms. The van der Waals surface area contributed by atoms with Crippen LogP contribution in [0.3, 0.4) is 0 Å². The van der Waals surface area contributed by atoms with Gasteiger partial charge in [-0.3, -0.25) is 4.79 Å². The zero-order valence-electron chi connectivity index (χ0n) is 18.1. The molecule has 4 rings (SSSR count). The van der Waals surface area contributed by atoms with E-state index in [4.69, 9.17) is 4.74 Å². The summed E-state index contributed by atoms with van der Waals surface area (Å²) in [4.78, 5) is 29.8. The molecule has 3 N–H and O–H groups in total. The number of para-hydroxylation sites is 2. The normalized spacial score (nSPS) is 19.0. The minimum Gasteiger partial charge on any atom is -0.506 e. The third-order valence-corrected chi connectivity index (χ3v) is 7.43. The molecule has 1 aliphatic carbocycles. The average Bonchev–Trinajstić information content (AvgIpc) is 3.10. The molecule has 0 spiro atoms. The summed E-state index contributed by atoms with van der Waals surface area (Å²) >= 11 is 1.52. The molecule has 0 unspecified atom stereocenters. The fourth-order valence-electron chi connectivity index (χ4n) is 4.53. The molecule has 1 amide bonds. The Kier molecular flexibility index (Phi) is 6.48. The topological polar surface area (TPSA) is 83.3 Å². The molecule has 1 aromatic carbocycles. The Morgan fingerprint density at radius 1 is 1.29 bits per heavy atom. The third kappa shape index (κ3) is 4.70. The number of nitrogens with zero attached hydrogens (tertiary/aromatic N) is 1. The molecule has 0 radical (unpaired) electrons. The van der Waals surface area contributed by atoms with Gasteiger partial charge in [0.25, 0.3) is 5.91 Å². The molecule has 0 bridgehead atoms. The molecule has 1 aromatic heterocycles.